The maximum Gasteiger partial charge on any atom is 0.270 e. The highest BCUT2D eigenvalue weighted by molar-refractivity contribution is 7.15. The van der Waals surface area contributed by atoms with Crippen LogP contribution in [0.15, 0.2) is 18.2 Å². The number of hydrogen-bond donors (Lipinski definition) is 1. The van der Waals surface area contributed by atoms with Crippen LogP contribution < -0.4 is 5.32 Å². The summed E-state index contributed by atoms with van der Waals surface area (Å²) in [5.41, 5.74) is 1.10. The largest absolute Gasteiger partial charge is 0.298 e. The first-order valence-electron chi connectivity index (χ1n) is 7.18. The zero-order chi connectivity index (χ0) is 16.6. The third kappa shape index (κ3) is 3.35. The fraction of sp³-hybridized carbons (Fsp3) is 0.333. The molecule has 2 aromatic rings. The van der Waals surface area contributed by atoms with Gasteiger partial charge in [-0.3, -0.25) is 20.2 Å². The Labute approximate surface area is 141 Å². The Kier molecular flexibility index (Phi) is 4.32. The van der Waals surface area contributed by atoms with E-state index in [1.54, 1.807) is 0 Å². The zero-order valence-corrected chi connectivity index (χ0v) is 13.9. The molecule has 1 amide bonds. The highest BCUT2D eigenvalue weighted by Gasteiger charge is 2.21. The molecule has 0 bridgehead atoms. The minimum atomic E-state index is -0.552. The predicted octanol–water partition coefficient (Wildman–Crippen LogP) is 4.08. The van der Waals surface area contributed by atoms with Crippen LogP contribution in [0.5, 0.6) is 0 Å². The van der Waals surface area contributed by atoms with Crippen molar-refractivity contribution >= 4 is 39.7 Å². The van der Waals surface area contributed by atoms with E-state index >= 15 is 0 Å². The van der Waals surface area contributed by atoms with Crippen molar-refractivity contribution in [2.24, 2.45) is 5.92 Å². The third-order valence-corrected chi connectivity index (χ3v) is 5.16. The topological polar surface area (TPSA) is 85.1 Å². The monoisotopic (exact) mass is 351 g/mol. The number of thiazole rings is 1. The second-order valence-electron chi connectivity index (χ2n) is 5.61. The van der Waals surface area contributed by atoms with Gasteiger partial charge in [-0.25, -0.2) is 4.98 Å². The number of halogens is 1. The van der Waals surface area contributed by atoms with E-state index in [4.69, 9.17) is 11.6 Å². The molecule has 1 N–H and O–H groups in total. The molecule has 1 heterocycles. The second-order valence-corrected chi connectivity index (χ2v) is 7.10. The number of nitro groups is 1. The van der Waals surface area contributed by atoms with Crippen LogP contribution in [-0.2, 0) is 12.8 Å². The van der Waals surface area contributed by atoms with E-state index in [1.807, 2.05) is 0 Å². The maximum absolute atomic E-state index is 12.3. The first-order valence-corrected chi connectivity index (χ1v) is 8.37. The lowest BCUT2D eigenvalue weighted by Gasteiger charge is -2.15. The van der Waals surface area contributed by atoms with Crippen LogP contribution >= 0.6 is 22.9 Å². The average Bonchev–Trinajstić information content (AvgIpc) is 2.88. The number of aryl methyl sites for hydroxylation is 1. The second kappa shape index (κ2) is 6.25. The van der Waals surface area contributed by atoms with Crippen LogP contribution in [0.2, 0.25) is 5.02 Å². The van der Waals surface area contributed by atoms with Crippen molar-refractivity contribution in [2.45, 2.75) is 26.2 Å². The van der Waals surface area contributed by atoms with E-state index in [0.29, 0.717) is 11.0 Å². The minimum Gasteiger partial charge on any atom is -0.298 e. The molecule has 1 aromatic heterocycles. The van der Waals surface area contributed by atoms with Gasteiger partial charge in [-0.05, 0) is 31.2 Å². The number of anilines is 1. The van der Waals surface area contributed by atoms with Crippen molar-refractivity contribution in [1.82, 2.24) is 4.98 Å². The van der Waals surface area contributed by atoms with Crippen molar-refractivity contribution in [3.8, 4) is 0 Å². The summed E-state index contributed by atoms with van der Waals surface area (Å²) in [6.07, 6.45) is 3.03. The standard InChI is InChI=1S/C15H14ClN3O3S/c1-8-2-5-12-13(6-8)23-15(17-12)18-14(20)10-4-3-9(19(21)22)7-11(10)16/h3-4,7-8H,2,5-6H2,1H3,(H,17,18,20). The van der Waals surface area contributed by atoms with Crippen LogP contribution in [0.4, 0.5) is 10.8 Å². The number of benzene rings is 1. The number of nitrogens with one attached hydrogen (secondary N) is 1. The first kappa shape index (κ1) is 15.9. The summed E-state index contributed by atoms with van der Waals surface area (Å²) in [7, 11) is 0. The molecular formula is C15H14ClN3O3S. The van der Waals surface area contributed by atoms with E-state index in [2.05, 4.69) is 17.2 Å². The molecule has 6 nitrogen and oxygen atoms in total. The lowest BCUT2D eigenvalue weighted by atomic mass is 9.93. The van der Waals surface area contributed by atoms with E-state index in [1.165, 1.54) is 34.4 Å². The Balaban J connectivity index is 1.78. The van der Waals surface area contributed by atoms with Crippen LogP contribution in [-0.4, -0.2) is 15.8 Å². The number of nitrogens with zero attached hydrogens (tertiary/aromatic N) is 2. The molecule has 1 aliphatic rings. The van der Waals surface area contributed by atoms with E-state index < -0.39 is 10.8 Å². The van der Waals surface area contributed by atoms with Gasteiger partial charge in [0.2, 0.25) is 0 Å². The van der Waals surface area contributed by atoms with Crippen LogP contribution in [0.3, 0.4) is 0 Å². The summed E-state index contributed by atoms with van der Waals surface area (Å²) in [5, 5.41) is 14.0. The lowest BCUT2D eigenvalue weighted by molar-refractivity contribution is -0.384. The van der Waals surface area contributed by atoms with E-state index in [-0.39, 0.29) is 16.3 Å². The summed E-state index contributed by atoms with van der Waals surface area (Å²) in [6, 6.07) is 3.78. The maximum atomic E-state index is 12.3. The molecule has 0 spiro atoms. The molecule has 0 fully saturated rings. The van der Waals surface area contributed by atoms with Gasteiger partial charge in [0.05, 0.1) is 21.2 Å². The smallest absolute Gasteiger partial charge is 0.270 e. The molecule has 1 atom stereocenters. The van der Waals surface area contributed by atoms with Gasteiger partial charge in [0.25, 0.3) is 11.6 Å². The van der Waals surface area contributed by atoms with Crippen molar-refractivity contribution in [3.05, 3.63) is 49.5 Å². The normalized spacial score (nSPS) is 16.7. The summed E-state index contributed by atoms with van der Waals surface area (Å²) < 4.78 is 0. The number of amides is 1. The number of carbonyl (C=O) groups is 1. The average molecular weight is 352 g/mol. The van der Waals surface area contributed by atoms with Crippen molar-refractivity contribution in [1.29, 1.82) is 0 Å². The van der Waals surface area contributed by atoms with Gasteiger partial charge in [0, 0.05) is 17.0 Å². The molecule has 3 rings (SSSR count). The summed E-state index contributed by atoms with van der Waals surface area (Å²) in [6.45, 7) is 2.21. The fourth-order valence-electron chi connectivity index (χ4n) is 2.56. The number of carbonyl (C=O) groups excluding carboxylic acids is 1. The Hall–Kier alpha value is -1.99. The molecule has 0 saturated carbocycles. The Morgan fingerprint density at radius 2 is 2.30 bits per heavy atom. The van der Waals surface area contributed by atoms with Crippen molar-refractivity contribution in [2.75, 3.05) is 5.32 Å². The highest BCUT2D eigenvalue weighted by Crippen LogP contribution is 2.32. The number of nitro benzene ring substituents is 1. The van der Waals surface area contributed by atoms with Gasteiger partial charge in [-0.15, -0.1) is 11.3 Å². The lowest BCUT2D eigenvalue weighted by Crippen LogP contribution is -2.12. The molecule has 0 radical (unpaired) electrons. The first-order chi connectivity index (χ1) is 10.9. The number of aromatic nitrogens is 1. The van der Waals surface area contributed by atoms with E-state index in [9.17, 15) is 14.9 Å². The molecule has 8 heteroatoms. The Morgan fingerprint density at radius 1 is 1.52 bits per heavy atom. The highest BCUT2D eigenvalue weighted by atomic mass is 35.5. The van der Waals surface area contributed by atoms with Gasteiger partial charge < -0.3 is 0 Å². The van der Waals surface area contributed by atoms with Gasteiger partial charge >= 0.3 is 0 Å². The Morgan fingerprint density at radius 3 is 3.00 bits per heavy atom. The van der Waals surface area contributed by atoms with Gasteiger partial charge in [0.1, 0.15) is 0 Å². The molecule has 120 valence electrons. The summed E-state index contributed by atoms with van der Waals surface area (Å²) in [5.74, 6) is 0.222. The third-order valence-electron chi connectivity index (χ3n) is 3.81. The predicted molar refractivity (Wildman–Crippen MR) is 89.4 cm³/mol. The molecule has 23 heavy (non-hydrogen) atoms. The van der Waals surface area contributed by atoms with Crippen LogP contribution in [0.25, 0.3) is 0 Å². The van der Waals surface area contributed by atoms with Crippen LogP contribution in [0.1, 0.15) is 34.3 Å². The minimum absolute atomic E-state index is 0.0478. The molecular weight excluding hydrogens is 338 g/mol. The van der Waals surface area contributed by atoms with Gasteiger partial charge in [-0.2, -0.15) is 0 Å². The Bertz CT molecular complexity index is 790. The summed E-state index contributed by atoms with van der Waals surface area (Å²) in [4.78, 5) is 28.1. The number of fused-ring (bicyclic) bond motifs is 1. The van der Waals surface area contributed by atoms with Gasteiger partial charge in [-0.1, -0.05) is 18.5 Å². The van der Waals surface area contributed by atoms with Crippen molar-refractivity contribution in [3.63, 3.8) is 0 Å². The fourth-order valence-corrected chi connectivity index (χ4v) is 3.99. The molecule has 1 aromatic carbocycles. The molecule has 1 unspecified atom stereocenters. The molecule has 0 saturated heterocycles. The summed E-state index contributed by atoms with van der Waals surface area (Å²) >= 11 is 7.45. The van der Waals surface area contributed by atoms with Crippen molar-refractivity contribution < 1.29 is 9.72 Å². The number of rotatable bonds is 3. The van der Waals surface area contributed by atoms with Crippen LogP contribution in [0, 0.1) is 16.0 Å². The SMILES string of the molecule is CC1CCc2nc(NC(=O)c3ccc([N+](=O)[O-])cc3Cl)sc2C1. The molecule has 0 aliphatic heterocycles. The number of hydrogen-bond acceptors (Lipinski definition) is 5. The van der Waals surface area contributed by atoms with E-state index in [0.717, 1.165) is 25.0 Å². The zero-order valence-electron chi connectivity index (χ0n) is 12.3. The van der Waals surface area contributed by atoms with Gasteiger partial charge in [0.15, 0.2) is 5.13 Å². The number of non-ortho nitro benzene ring substituents is 1. The quantitative estimate of drug-likeness (QED) is 0.666. The molecule has 1 aliphatic carbocycles.